The summed E-state index contributed by atoms with van der Waals surface area (Å²) >= 11 is 0. The summed E-state index contributed by atoms with van der Waals surface area (Å²) in [5, 5.41) is 0. The molecule has 5 nitrogen and oxygen atoms in total. The van der Waals surface area contributed by atoms with Crippen LogP contribution in [0.25, 0.3) is 0 Å². The minimum Gasteiger partial charge on any atom is -0.326 e. The molecule has 0 aliphatic heterocycles. The molecule has 1 aromatic heterocycles. The minimum atomic E-state index is -0.269. The molecule has 112 valence electrons. The molecule has 2 rings (SSSR count). The predicted octanol–water partition coefficient (Wildman–Crippen LogP) is 3.01. The molecule has 0 fully saturated rings. The van der Waals surface area contributed by atoms with Crippen LogP contribution in [0, 0.1) is 5.82 Å². The van der Waals surface area contributed by atoms with Crippen LogP contribution in [0.1, 0.15) is 25.8 Å². The van der Waals surface area contributed by atoms with E-state index in [9.17, 15) is 4.39 Å². The zero-order valence-electron chi connectivity index (χ0n) is 12.3. The fourth-order valence-corrected chi connectivity index (χ4v) is 2.34. The fraction of sp³-hybridized carbons (Fsp3) is 0.333. The van der Waals surface area contributed by atoms with Crippen molar-refractivity contribution in [3.63, 3.8) is 0 Å². The third kappa shape index (κ3) is 3.28. The average Bonchev–Trinajstić information content (AvgIpc) is 2.50. The number of nitrogen functional groups attached to an aromatic ring is 1. The molecule has 21 heavy (non-hydrogen) atoms. The van der Waals surface area contributed by atoms with Crippen LogP contribution in [-0.2, 0) is 6.42 Å². The largest absolute Gasteiger partial charge is 0.326 e. The lowest BCUT2D eigenvalue weighted by Crippen LogP contribution is -2.21. The number of aromatic nitrogens is 2. The number of rotatable bonds is 6. The topological polar surface area (TPSA) is 67.1 Å². The quantitative estimate of drug-likeness (QED) is 0.632. The van der Waals surface area contributed by atoms with Crippen molar-refractivity contribution in [1.82, 2.24) is 9.97 Å². The monoisotopic (exact) mass is 289 g/mol. The van der Waals surface area contributed by atoms with Gasteiger partial charge in [0.1, 0.15) is 23.8 Å². The second kappa shape index (κ2) is 6.99. The Balaban J connectivity index is 2.51. The third-order valence-electron chi connectivity index (χ3n) is 3.25. The van der Waals surface area contributed by atoms with Gasteiger partial charge in [0.2, 0.25) is 0 Å². The summed E-state index contributed by atoms with van der Waals surface area (Å²) in [6.45, 7) is 4.75. The number of hydrazine groups is 1. The van der Waals surface area contributed by atoms with Gasteiger partial charge in [-0.3, -0.25) is 0 Å². The number of hydrogen-bond acceptors (Lipinski definition) is 5. The Morgan fingerprint density at radius 3 is 2.71 bits per heavy atom. The van der Waals surface area contributed by atoms with Crippen LogP contribution < -0.4 is 16.2 Å². The standard InChI is InChI=1S/C15H20FN5/c1-3-6-13-14(20-17)18-10-19-15(13)21(4-2)12-8-5-7-11(16)9-12/h5,7-10H,3-4,6,17H2,1-2H3,(H,18,19,20). The molecule has 0 bridgehead atoms. The second-order valence-corrected chi connectivity index (χ2v) is 4.64. The summed E-state index contributed by atoms with van der Waals surface area (Å²) in [6.07, 6.45) is 3.20. The lowest BCUT2D eigenvalue weighted by molar-refractivity contribution is 0.627. The highest BCUT2D eigenvalue weighted by Gasteiger charge is 2.17. The van der Waals surface area contributed by atoms with E-state index in [0.29, 0.717) is 12.4 Å². The normalized spacial score (nSPS) is 10.5. The van der Waals surface area contributed by atoms with Crippen molar-refractivity contribution in [3.8, 4) is 0 Å². The van der Waals surface area contributed by atoms with Gasteiger partial charge in [-0.2, -0.15) is 0 Å². The zero-order chi connectivity index (χ0) is 15.2. The zero-order valence-corrected chi connectivity index (χ0v) is 12.3. The molecule has 2 aromatic rings. The summed E-state index contributed by atoms with van der Waals surface area (Å²) in [5.74, 6) is 6.63. The molecule has 1 aromatic carbocycles. The van der Waals surface area contributed by atoms with Crippen molar-refractivity contribution < 1.29 is 4.39 Å². The summed E-state index contributed by atoms with van der Waals surface area (Å²) < 4.78 is 13.5. The summed E-state index contributed by atoms with van der Waals surface area (Å²) in [6, 6.07) is 6.48. The van der Waals surface area contributed by atoms with Gasteiger partial charge in [0.15, 0.2) is 0 Å². The number of hydrogen-bond donors (Lipinski definition) is 2. The van der Waals surface area contributed by atoms with E-state index in [2.05, 4.69) is 22.3 Å². The van der Waals surface area contributed by atoms with Gasteiger partial charge in [-0.15, -0.1) is 0 Å². The maximum atomic E-state index is 13.5. The molecule has 0 saturated carbocycles. The van der Waals surface area contributed by atoms with Gasteiger partial charge in [-0.05, 0) is 31.5 Å². The first-order valence-corrected chi connectivity index (χ1v) is 7.04. The highest BCUT2D eigenvalue weighted by molar-refractivity contribution is 5.67. The number of benzene rings is 1. The van der Waals surface area contributed by atoms with E-state index in [1.54, 1.807) is 6.07 Å². The van der Waals surface area contributed by atoms with E-state index in [1.807, 2.05) is 17.9 Å². The summed E-state index contributed by atoms with van der Waals surface area (Å²) in [7, 11) is 0. The van der Waals surface area contributed by atoms with Gasteiger partial charge in [0, 0.05) is 17.8 Å². The fourth-order valence-electron chi connectivity index (χ4n) is 2.34. The maximum absolute atomic E-state index is 13.5. The SMILES string of the molecule is CCCc1c(NN)ncnc1N(CC)c1cccc(F)c1. The minimum absolute atomic E-state index is 0.269. The average molecular weight is 289 g/mol. The van der Waals surface area contributed by atoms with Crippen molar-refractivity contribution in [2.75, 3.05) is 16.9 Å². The van der Waals surface area contributed by atoms with Crippen molar-refractivity contribution in [2.45, 2.75) is 26.7 Å². The first-order chi connectivity index (χ1) is 10.2. The van der Waals surface area contributed by atoms with E-state index in [-0.39, 0.29) is 5.82 Å². The van der Waals surface area contributed by atoms with E-state index in [0.717, 1.165) is 29.9 Å². The molecule has 0 aliphatic carbocycles. The maximum Gasteiger partial charge on any atom is 0.148 e. The van der Waals surface area contributed by atoms with Gasteiger partial charge >= 0.3 is 0 Å². The van der Waals surface area contributed by atoms with Crippen molar-refractivity contribution in [1.29, 1.82) is 0 Å². The molecule has 1 heterocycles. The van der Waals surface area contributed by atoms with Crippen molar-refractivity contribution in [2.24, 2.45) is 5.84 Å². The van der Waals surface area contributed by atoms with E-state index in [4.69, 9.17) is 5.84 Å². The molecule has 6 heteroatoms. The molecule has 0 amide bonds. The molecule has 0 radical (unpaired) electrons. The molecular weight excluding hydrogens is 269 g/mol. The predicted molar refractivity (Wildman–Crippen MR) is 82.9 cm³/mol. The van der Waals surface area contributed by atoms with Gasteiger partial charge in [-0.1, -0.05) is 19.4 Å². The van der Waals surface area contributed by atoms with Crippen LogP contribution in [0.2, 0.25) is 0 Å². The number of nitrogens with zero attached hydrogens (tertiary/aromatic N) is 3. The van der Waals surface area contributed by atoms with E-state index >= 15 is 0 Å². The lowest BCUT2D eigenvalue weighted by Gasteiger charge is -2.25. The Labute approximate surface area is 124 Å². The molecule has 0 unspecified atom stereocenters. The lowest BCUT2D eigenvalue weighted by atomic mass is 10.1. The van der Waals surface area contributed by atoms with Crippen molar-refractivity contribution >= 4 is 17.3 Å². The number of nitrogens with two attached hydrogens (primary N) is 1. The molecule has 0 spiro atoms. The van der Waals surface area contributed by atoms with Crippen LogP contribution >= 0.6 is 0 Å². The van der Waals surface area contributed by atoms with E-state index in [1.165, 1.54) is 18.5 Å². The Kier molecular flexibility index (Phi) is 5.05. The first-order valence-electron chi connectivity index (χ1n) is 7.04. The Hall–Kier alpha value is -2.21. The Morgan fingerprint density at radius 2 is 2.10 bits per heavy atom. The van der Waals surface area contributed by atoms with E-state index < -0.39 is 0 Å². The van der Waals surface area contributed by atoms with Crippen LogP contribution in [-0.4, -0.2) is 16.5 Å². The number of anilines is 3. The Morgan fingerprint density at radius 1 is 1.29 bits per heavy atom. The van der Waals surface area contributed by atoms with Crippen LogP contribution in [0.4, 0.5) is 21.7 Å². The number of halogens is 1. The van der Waals surface area contributed by atoms with Crippen molar-refractivity contribution in [3.05, 3.63) is 42.0 Å². The molecule has 0 atom stereocenters. The Bertz CT molecular complexity index is 602. The van der Waals surface area contributed by atoms with Crippen LogP contribution in [0.15, 0.2) is 30.6 Å². The highest BCUT2D eigenvalue weighted by atomic mass is 19.1. The molecule has 0 saturated heterocycles. The smallest absolute Gasteiger partial charge is 0.148 e. The summed E-state index contributed by atoms with van der Waals surface area (Å²) in [4.78, 5) is 10.5. The number of nitrogens with one attached hydrogen (secondary N) is 1. The highest BCUT2D eigenvalue weighted by Crippen LogP contribution is 2.30. The second-order valence-electron chi connectivity index (χ2n) is 4.64. The third-order valence-corrected chi connectivity index (χ3v) is 3.25. The van der Waals surface area contributed by atoms with Gasteiger partial charge in [0.05, 0.1) is 0 Å². The van der Waals surface area contributed by atoms with Gasteiger partial charge in [0.25, 0.3) is 0 Å². The molecule has 3 N–H and O–H groups in total. The first kappa shape index (κ1) is 15.2. The molecule has 0 aliphatic rings. The van der Waals surface area contributed by atoms with Crippen LogP contribution in [0.3, 0.4) is 0 Å². The van der Waals surface area contributed by atoms with Gasteiger partial charge < -0.3 is 10.3 Å². The summed E-state index contributed by atoms with van der Waals surface area (Å²) in [5.41, 5.74) is 4.31. The van der Waals surface area contributed by atoms with Gasteiger partial charge in [-0.25, -0.2) is 20.2 Å². The molecular formula is C15H20FN5. The van der Waals surface area contributed by atoms with Crippen LogP contribution in [0.5, 0.6) is 0 Å².